The number of thiophene rings is 1. The predicted octanol–water partition coefficient (Wildman–Crippen LogP) is 3.24. The number of hydrogen-bond donors (Lipinski definition) is 0. The van der Waals surface area contributed by atoms with E-state index in [4.69, 9.17) is 5.26 Å². The van der Waals surface area contributed by atoms with E-state index in [9.17, 15) is 0 Å². The molecule has 3 heterocycles. The average Bonchev–Trinajstić information content (AvgIpc) is 3.04. The molecule has 6 heteroatoms. The van der Waals surface area contributed by atoms with Gasteiger partial charge in [-0.1, -0.05) is 7.43 Å². The Morgan fingerprint density at radius 2 is 1.87 bits per heavy atom. The second kappa shape index (κ2) is 7.53. The minimum atomic E-state index is 0. The number of piperazine rings is 1. The van der Waals surface area contributed by atoms with E-state index in [0.717, 1.165) is 42.6 Å². The zero-order chi connectivity index (χ0) is 15.5. The first-order valence-corrected chi connectivity index (χ1v) is 8.30. The van der Waals surface area contributed by atoms with Crippen molar-refractivity contribution >= 4 is 17.2 Å². The number of rotatable bonds is 3. The summed E-state index contributed by atoms with van der Waals surface area (Å²) in [5.74, 6) is 0.934. The van der Waals surface area contributed by atoms with Crippen molar-refractivity contribution in [1.29, 1.82) is 5.26 Å². The van der Waals surface area contributed by atoms with Crippen LogP contribution in [-0.2, 0) is 0 Å². The van der Waals surface area contributed by atoms with E-state index < -0.39 is 0 Å². The van der Waals surface area contributed by atoms with Gasteiger partial charge in [-0.15, -0.1) is 11.3 Å². The zero-order valence-electron chi connectivity index (χ0n) is 12.9. The van der Waals surface area contributed by atoms with E-state index in [1.54, 1.807) is 6.20 Å². The van der Waals surface area contributed by atoms with Gasteiger partial charge in [0.15, 0.2) is 0 Å². The van der Waals surface area contributed by atoms with Crippen molar-refractivity contribution in [2.45, 2.75) is 27.3 Å². The molecule has 0 saturated carbocycles. The molecule has 0 amide bonds. The van der Waals surface area contributed by atoms with E-state index in [1.807, 2.05) is 18.3 Å². The molecule has 3 rings (SSSR count). The Balaban J connectivity index is 0.00000192. The van der Waals surface area contributed by atoms with Crippen LogP contribution in [-0.4, -0.2) is 47.1 Å². The first-order valence-electron chi connectivity index (χ1n) is 7.48. The number of nitriles is 1. The summed E-state index contributed by atoms with van der Waals surface area (Å²) in [7, 11) is 0. The summed E-state index contributed by atoms with van der Waals surface area (Å²) in [6.07, 6.45) is 3.64. The molecule has 1 aliphatic rings. The average molecular weight is 329 g/mol. The zero-order valence-corrected chi connectivity index (χ0v) is 13.7. The van der Waals surface area contributed by atoms with Crippen LogP contribution in [0, 0.1) is 11.3 Å². The normalized spacial score (nSPS) is 15.3. The van der Waals surface area contributed by atoms with Crippen LogP contribution in [0.4, 0.5) is 5.82 Å². The third kappa shape index (κ3) is 3.87. The van der Waals surface area contributed by atoms with Crippen LogP contribution >= 0.6 is 11.3 Å². The summed E-state index contributed by atoms with van der Waals surface area (Å²) in [5, 5.41) is 8.89. The summed E-state index contributed by atoms with van der Waals surface area (Å²) in [5.41, 5.74) is 0.830. The van der Waals surface area contributed by atoms with Crippen LogP contribution in [0.25, 0.3) is 10.6 Å². The SMILES string of the molecule is C.CC(C)N1CCN(c2cnc(-c3ccc(C#N)s3)cn2)CC1. The molecule has 5 nitrogen and oxygen atoms in total. The van der Waals surface area contributed by atoms with Crippen LogP contribution in [0.1, 0.15) is 26.2 Å². The highest BCUT2D eigenvalue weighted by atomic mass is 32.1. The first kappa shape index (κ1) is 17.4. The van der Waals surface area contributed by atoms with Gasteiger partial charge >= 0.3 is 0 Å². The van der Waals surface area contributed by atoms with Crippen molar-refractivity contribution in [3.8, 4) is 16.6 Å². The van der Waals surface area contributed by atoms with Gasteiger partial charge in [-0.05, 0) is 26.0 Å². The molecule has 1 aliphatic heterocycles. The fourth-order valence-corrected chi connectivity index (χ4v) is 3.38. The van der Waals surface area contributed by atoms with Gasteiger partial charge in [0, 0.05) is 32.2 Å². The molecule has 0 bridgehead atoms. The minimum absolute atomic E-state index is 0. The number of anilines is 1. The Labute approximate surface area is 142 Å². The molecular weight excluding hydrogens is 306 g/mol. The lowest BCUT2D eigenvalue weighted by Crippen LogP contribution is -2.49. The van der Waals surface area contributed by atoms with Gasteiger partial charge in [0.25, 0.3) is 0 Å². The molecule has 0 spiro atoms. The van der Waals surface area contributed by atoms with E-state index in [1.165, 1.54) is 11.3 Å². The molecule has 23 heavy (non-hydrogen) atoms. The molecule has 0 unspecified atom stereocenters. The first-order chi connectivity index (χ1) is 10.7. The molecule has 1 saturated heterocycles. The molecule has 0 aliphatic carbocycles. The van der Waals surface area contributed by atoms with Crippen molar-refractivity contribution in [1.82, 2.24) is 14.9 Å². The maximum atomic E-state index is 8.89. The van der Waals surface area contributed by atoms with Gasteiger partial charge in [-0.25, -0.2) is 9.97 Å². The highest BCUT2D eigenvalue weighted by Gasteiger charge is 2.20. The topological polar surface area (TPSA) is 56.0 Å². The van der Waals surface area contributed by atoms with Crippen LogP contribution in [0.15, 0.2) is 24.5 Å². The quantitative estimate of drug-likeness (QED) is 0.865. The van der Waals surface area contributed by atoms with Crippen molar-refractivity contribution in [2.24, 2.45) is 0 Å². The van der Waals surface area contributed by atoms with Gasteiger partial charge in [0.05, 0.1) is 23.0 Å². The molecule has 2 aromatic rings. The molecule has 0 atom stereocenters. The Morgan fingerprint density at radius 1 is 1.13 bits per heavy atom. The third-order valence-corrected chi connectivity index (χ3v) is 4.99. The standard InChI is InChI=1S/C16H19N5S.CH4/c1-12(2)20-5-7-21(8-6-20)16-11-18-14(10-19-16)15-4-3-13(9-17)22-15;/h3-4,10-12H,5-8H2,1-2H3;1H4. The van der Waals surface area contributed by atoms with E-state index in [0.29, 0.717) is 10.9 Å². The maximum absolute atomic E-state index is 8.89. The maximum Gasteiger partial charge on any atom is 0.147 e. The van der Waals surface area contributed by atoms with Gasteiger partial charge in [0.1, 0.15) is 16.8 Å². The van der Waals surface area contributed by atoms with E-state index in [-0.39, 0.29) is 7.43 Å². The van der Waals surface area contributed by atoms with Crippen molar-refractivity contribution < 1.29 is 0 Å². The Bertz CT molecular complexity index is 663. The lowest BCUT2D eigenvalue weighted by atomic mass is 10.2. The van der Waals surface area contributed by atoms with E-state index in [2.05, 4.69) is 39.7 Å². The third-order valence-electron chi connectivity index (χ3n) is 3.98. The lowest BCUT2D eigenvalue weighted by molar-refractivity contribution is 0.209. The second-order valence-corrected chi connectivity index (χ2v) is 6.74. The molecule has 0 radical (unpaired) electrons. The highest BCUT2D eigenvalue weighted by Crippen LogP contribution is 2.26. The van der Waals surface area contributed by atoms with Crippen molar-refractivity contribution in [3.63, 3.8) is 0 Å². The lowest BCUT2D eigenvalue weighted by Gasteiger charge is -2.37. The number of aromatic nitrogens is 2. The van der Waals surface area contributed by atoms with Gasteiger partial charge in [-0.2, -0.15) is 5.26 Å². The molecular formula is C17H23N5S. The fourth-order valence-electron chi connectivity index (χ4n) is 2.61. The van der Waals surface area contributed by atoms with Crippen LogP contribution in [0.5, 0.6) is 0 Å². The van der Waals surface area contributed by atoms with Crippen LogP contribution in [0.2, 0.25) is 0 Å². The molecule has 0 N–H and O–H groups in total. The van der Waals surface area contributed by atoms with Crippen molar-refractivity contribution in [2.75, 3.05) is 31.1 Å². The summed E-state index contributed by atoms with van der Waals surface area (Å²) < 4.78 is 0. The number of nitrogens with zero attached hydrogens (tertiary/aromatic N) is 5. The Kier molecular flexibility index (Phi) is 5.69. The molecule has 1 fully saturated rings. The molecule has 122 valence electrons. The fraction of sp³-hybridized carbons (Fsp3) is 0.471. The highest BCUT2D eigenvalue weighted by molar-refractivity contribution is 7.15. The van der Waals surface area contributed by atoms with Crippen LogP contribution < -0.4 is 4.90 Å². The summed E-state index contributed by atoms with van der Waals surface area (Å²) in [6, 6.07) is 6.50. The monoisotopic (exact) mass is 329 g/mol. The Morgan fingerprint density at radius 3 is 2.39 bits per heavy atom. The minimum Gasteiger partial charge on any atom is -0.353 e. The predicted molar refractivity (Wildman–Crippen MR) is 95.7 cm³/mol. The summed E-state index contributed by atoms with van der Waals surface area (Å²) in [6.45, 7) is 8.59. The van der Waals surface area contributed by atoms with Gasteiger partial charge in [-0.3, -0.25) is 4.90 Å². The largest absolute Gasteiger partial charge is 0.353 e. The summed E-state index contributed by atoms with van der Waals surface area (Å²) in [4.78, 5) is 15.5. The Hall–Kier alpha value is -1.97. The second-order valence-electron chi connectivity index (χ2n) is 5.65. The van der Waals surface area contributed by atoms with Gasteiger partial charge in [0.2, 0.25) is 0 Å². The number of hydrogen-bond acceptors (Lipinski definition) is 6. The van der Waals surface area contributed by atoms with Crippen molar-refractivity contribution in [3.05, 3.63) is 29.4 Å². The van der Waals surface area contributed by atoms with Crippen LogP contribution in [0.3, 0.4) is 0 Å². The molecule has 0 aromatic carbocycles. The van der Waals surface area contributed by atoms with Gasteiger partial charge < -0.3 is 4.90 Å². The molecule has 2 aromatic heterocycles. The summed E-state index contributed by atoms with van der Waals surface area (Å²) >= 11 is 1.45. The smallest absolute Gasteiger partial charge is 0.147 e. The van der Waals surface area contributed by atoms with E-state index >= 15 is 0 Å².